The number of halogens is 1. The van der Waals surface area contributed by atoms with E-state index in [1.54, 1.807) is 23.1 Å². The second-order valence-corrected chi connectivity index (χ2v) is 6.16. The van der Waals surface area contributed by atoms with Crippen molar-refractivity contribution in [3.63, 3.8) is 0 Å². The fraction of sp³-hybridized carbons (Fsp3) is 0.389. The van der Waals surface area contributed by atoms with Gasteiger partial charge in [-0.15, -0.1) is 0 Å². The summed E-state index contributed by atoms with van der Waals surface area (Å²) in [6.45, 7) is 3.14. The van der Waals surface area contributed by atoms with Gasteiger partial charge < -0.3 is 10.6 Å². The average Bonchev–Trinajstić information content (AvgIpc) is 2.61. The van der Waals surface area contributed by atoms with Gasteiger partial charge in [0.05, 0.1) is 11.1 Å². The molecule has 1 saturated heterocycles. The number of hydrogen-bond donors (Lipinski definition) is 1. The predicted molar refractivity (Wildman–Crippen MR) is 89.7 cm³/mol. The molecule has 2 N–H and O–H groups in total. The number of likely N-dealkylation sites (tertiary alicyclic amines) is 1. The van der Waals surface area contributed by atoms with Crippen LogP contribution >= 0.6 is 0 Å². The van der Waals surface area contributed by atoms with Crippen molar-refractivity contribution < 1.29 is 9.18 Å². The number of nitrogens with two attached hydrogens (primary N) is 1. The van der Waals surface area contributed by atoms with Crippen molar-refractivity contribution in [2.45, 2.75) is 25.8 Å². The SMILES string of the molecule is C[C@@H]1CCCN(C(=O)c2cccc(F)c2-c2ncccn2)C1CN. The molecule has 2 aromatic rings. The monoisotopic (exact) mass is 328 g/mol. The Labute approximate surface area is 140 Å². The van der Waals surface area contributed by atoms with Crippen LogP contribution in [-0.4, -0.2) is 39.9 Å². The molecule has 3 rings (SSSR count). The molecule has 1 amide bonds. The maximum absolute atomic E-state index is 14.4. The van der Waals surface area contributed by atoms with Gasteiger partial charge in [0.2, 0.25) is 0 Å². The van der Waals surface area contributed by atoms with Crippen LogP contribution in [0.2, 0.25) is 0 Å². The van der Waals surface area contributed by atoms with Crippen LogP contribution in [-0.2, 0) is 0 Å². The van der Waals surface area contributed by atoms with E-state index in [1.807, 2.05) is 0 Å². The van der Waals surface area contributed by atoms with Crippen LogP contribution in [0.25, 0.3) is 11.4 Å². The van der Waals surface area contributed by atoms with Crippen molar-refractivity contribution in [1.29, 1.82) is 0 Å². The van der Waals surface area contributed by atoms with Gasteiger partial charge in [-0.05, 0) is 37.0 Å². The van der Waals surface area contributed by atoms with Crippen molar-refractivity contribution in [2.75, 3.05) is 13.1 Å². The first kappa shape index (κ1) is 16.5. The smallest absolute Gasteiger partial charge is 0.255 e. The largest absolute Gasteiger partial charge is 0.334 e. The number of amides is 1. The van der Waals surface area contributed by atoms with Crippen LogP contribution in [0, 0.1) is 11.7 Å². The molecule has 1 aromatic heterocycles. The highest BCUT2D eigenvalue weighted by molar-refractivity contribution is 6.00. The van der Waals surface area contributed by atoms with Crippen molar-refractivity contribution >= 4 is 5.91 Å². The van der Waals surface area contributed by atoms with E-state index in [1.165, 1.54) is 18.5 Å². The summed E-state index contributed by atoms with van der Waals surface area (Å²) >= 11 is 0. The van der Waals surface area contributed by atoms with Crippen molar-refractivity contribution in [2.24, 2.45) is 11.7 Å². The fourth-order valence-electron chi connectivity index (χ4n) is 3.37. The van der Waals surface area contributed by atoms with Gasteiger partial charge in [0.1, 0.15) is 5.82 Å². The van der Waals surface area contributed by atoms with Gasteiger partial charge in [0.25, 0.3) is 5.91 Å². The average molecular weight is 328 g/mol. The standard InChI is InChI=1S/C18H21FN4O/c1-12-5-3-10-23(15(12)11-20)18(24)13-6-2-7-14(19)16(13)17-21-8-4-9-22-17/h2,4,6-9,12,15H,3,5,10-11,20H2,1H3/t12-,15?/m1/s1. The van der Waals surface area contributed by atoms with E-state index in [-0.39, 0.29) is 28.9 Å². The van der Waals surface area contributed by atoms with E-state index < -0.39 is 5.82 Å². The van der Waals surface area contributed by atoms with Gasteiger partial charge in [-0.3, -0.25) is 4.79 Å². The molecule has 24 heavy (non-hydrogen) atoms. The third kappa shape index (κ3) is 3.01. The number of rotatable bonds is 3. The first-order valence-corrected chi connectivity index (χ1v) is 8.20. The van der Waals surface area contributed by atoms with Crippen molar-refractivity contribution in [1.82, 2.24) is 14.9 Å². The Morgan fingerprint density at radius 3 is 2.79 bits per heavy atom. The second-order valence-electron chi connectivity index (χ2n) is 6.16. The highest BCUT2D eigenvalue weighted by Crippen LogP contribution is 2.29. The summed E-state index contributed by atoms with van der Waals surface area (Å²) < 4.78 is 14.4. The van der Waals surface area contributed by atoms with Crippen LogP contribution in [0.15, 0.2) is 36.7 Å². The fourth-order valence-corrected chi connectivity index (χ4v) is 3.37. The summed E-state index contributed by atoms with van der Waals surface area (Å²) in [4.78, 5) is 23.1. The molecule has 1 aliphatic rings. The number of aromatic nitrogens is 2. The highest BCUT2D eigenvalue weighted by atomic mass is 19.1. The van der Waals surface area contributed by atoms with E-state index in [0.29, 0.717) is 19.0 Å². The molecule has 5 nitrogen and oxygen atoms in total. The van der Waals surface area contributed by atoms with Gasteiger partial charge in [0.15, 0.2) is 5.82 Å². The first-order valence-electron chi connectivity index (χ1n) is 8.20. The maximum atomic E-state index is 14.4. The predicted octanol–water partition coefficient (Wildman–Crippen LogP) is 2.48. The van der Waals surface area contributed by atoms with Gasteiger partial charge in [-0.1, -0.05) is 13.0 Å². The van der Waals surface area contributed by atoms with E-state index in [0.717, 1.165) is 12.8 Å². The zero-order chi connectivity index (χ0) is 17.1. The van der Waals surface area contributed by atoms with Gasteiger partial charge in [-0.2, -0.15) is 0 Å². The molecule has 126 valence electrons. The van der Waals surface area contributed by atoms with Crippen molar-refractivity contribution in [3.8, 4) is 11.4 Å². The Hall–Kier alpha value is -2.34. The Bertz CT molecular complexity index is 722. The number of nitrogens with zero attached hydrogens (tertiary/aromatic N) is 3. The summed E-state index contributed by atoms with van der Waals surface area (Å²) in [6, 6.07) is 6.12. The molecular formula is C18H21FN4O. The lowest BCUT2D eigenvalue weighted by molar-refractivity contribution is 0.0533. The Morgan fingerprint density at radius 1 is 1.33 bits per heavy atom. The van der Waals surface area contributed by atoms with Gasteiger partial charge in [-0.25, -0.2) is 14.4 Å². The van der Waals surface area contributed by atoms with Crippen LogP contribution in [0.5, 0.6) is 0 Å². The Balaban J connectivity index is 2.03. The Kier molecular flexibility index (Phi) is 4.85. The molecule has 1 unspecified atom stereocenters. The zero-order valence-corrected chi connectivity index (χ0v) is 13.7. The topological polar surface area (TPSA) is 72.1 Å². The van der Waals surface area contributed by atoms with E-state index in [2.05, 4.69) is 16.9 Å². The minimum absolute atomic E-state index is 0.0286. The van der Waals surface area contributed by atoms with Crippen LogP contribution < -0.4 is 5.73 Å². The zero-order valence-electron chi connectivity index (χ0n) is 13.7. The lowest BCUT2D eigenvalue weighted by atomic mass is 9.90. The third-order valence-electron chi connectivity index (χ3n) is 4.65. The number of carbonyl (C=O) groups is 1. The molecule has 0 spiro atoms. The van der Waals surface area contributed by atoms with Crippen LogP contribution in [0.3, 0.4) is 0 Å². The molecule has 2 atom stereocenters. The number of hydrogen-bond acceptors (Lipinski definition) is 4. The molecule has 6 heteroatoms. The molecule has 0 bridgehead atoms. The Morgan fingerprint density at radius 2 is 2.08 bits per heavy atom. The molecule has 2 heterocycles. The minimum Gasteiger partial charge on any atom is -0.334 e. The number of benzene rings is 1. The van der Waals surface area contributed by atoms with Crippen LogP contribution in [0.1, 0.15) is 30.1 Å². The lowest BCUT2D eigenvalue weighted by Gasteiger charge is -2.39. The van der Waals surface area contributed by atoms with E-state index in [4.69, 9.17) is 5.73 Å². The van der Waals surface area contributed by atoms with Crippen molar-refractivity contribution in [3.05, 3.63) is 48.0 Å². The molecule has 1 fully saturated rings. The molecule has 1 aliphatic heterocycles. The summed E-state index contributed by atoms with van der Waals surface area (Å²) in [6.07, 6.45) is 5.04. The normalized spacial score (nSPS) is 20.9. The number of carbonyl (C=O) groups excluding carboxylic acids is 1. The first-order chi connectivity index (χ1) is 11.6. The van der Waals surface area contributed by atoms with Gasteiger partial charge in [0, 0.05) is 31.5 Å². The quantitative estimate of drug-likeness (QED) is 0.939. The molecular weight excluding hydrogens is 307 g/mol. The summed E-state index contributed by atoms with van der Waals surface area (Å²) in [5, 5.41) is 0. The van der Waals surface area contributed by atoms with E-state index in [9.17, 15) is 9.18 Å². The maximum Gasteiger partial charge on any atom is 0.255 e. The molecule has 1 aromatic carbocycles. The molecule has 0 radical (unpaired) electrons. The summed E-state index contributed by atoms with van der Waals surface area (Å²) in [5.41, 5.74) is 6.32. The lowest BCUT2D eigenvalue weighted by Crippen LogP contribution is -2.51. The minimum atomic E-state index is -0.499. The summed E-state index contributed by atoms with van der Waals surface area (Å²) in [5.74, 6) is -0.161. The summed E-state index contributed by atoms with van der Waals surface area (Å²) in [7, 11) is 0. The van der Waals surface area contributed by atoms with Gasteiger partial charge >= 0.3 is 0 Å². The number of piperidine rings is 1. The molecule has 0 saturated carbocycles. The molecule has 0 aliphatic carbocycles. The van der Waals surface area contributed by atoms with Crippen LogP contribution in [0.4, 0.5) is 4.39 Å². The second kappa shape index (κ2) is 7.05. The van der Waals surface area contributed by atoms with E-state index >= 15 is 0 Å². The highest BCUT2D eigenvalue weighted by Gasteiger charge is 2.33. The third-order valence-corrected chi connectivity index (χ3v) is 4.65.